The van der Waals surface area contributed by atoms with Gasteiger partial charge in [0.2, 0.25) is 0 Å². The molecular formula is C15H14BrN3OS. The molecule has 0 saturated carbocycles. The number of carbonyl (C=O) groups is 1. The molecule has 0 aliphatic heterocycles. The molecule has 0 atom stereocenters. The first kappa shape index (κ1) is 15.7. The van der Waals surface area contributed by atoms with Gasteiger partial charge in [-0.3, -0.25) is 9.78 Å². The summed E-state index contributed by atoms with van der Waals surface area (Å²) in [6.45, 7) is 0.834. The summed E-state index contributed by atoms with van der Waals surface area (Å²) < 4.78 is 1.09. The number of pyridine rings is 1. The number of rotatable bonds is 4. The summed E-state index contributed by atoms with van der Waals surface area (Å²) in [5, 5.41) is 2.90. The van der Waals surface area contributed by atoms with Gasteiger partial charge in [-0.15, -0.1) is 11.3 Å². The zero-order chi connectivity index (χ0) is 15.1. The first-order valence-corrected chi connectivity index (χ1v) is 7.97. The fourth-order valence-corrected chi connectivity index (χ4v) is 3.20. The maximum absolute atomic E-state index is 12.2. The number of thiophene rings is 1. The van der Waals surface area contributed by atoms with Crippen LogP contribution in [0.2, 0.25) is 0 Å². The third-order valence-corrected chi connectivity index (χ3v) is 4.36. The molecule has 2 rings (SSSR count). The van der Waals surface area contributed by atoms with Gasteiger partial charge in [0, 0.05) is 23.8 Å². The minimum atomic E-state index is -0.144. The Bertz CT molecular complexity index is 687. The Kier molecular flexibility index (Phi) is 5.93. The Morgan fingerprint density at radius 3 is 3.00 bits per heavy atom. The normalized spacial score (nSPS) is 9.81. The van der Waals surface area contributed by atoms with Crippen molar-refractivity contribution in [1.29, 1.82) is 0 Å². The van der Waals surface area contributed by atoms with Gasteiger partial charge in [0.05, 0.1) is 21.5 Å². The highest BCUT2D eigenvalue weighted by Gasteiger charge is 2.09. The molecule has 2 aromatic heterocycles. The smallest absolute Gasteiger partial charge is 0.252 e. The lowest BCUT2D eigenvalue weighted by Gasteiger charge is -2.06. The quantitative estimate of drug-likeness (QED) is 0.818. The molecular weight excluding hydrogens is 350 g/mol. The van der Waals surface area contributed by atoms with E-state index >= 15 is 0 Å². The van der Waals surface area contributed by atoms with Gasteiger partial charge in [-0.2, -0.15) is 0 Å². The lowest BCUT2D eigenvalue weighted by Crippen LogP contribution is -2.26. The molecule has 21 heavy (non-hydrogen) atoms. The number of hydrogen-bond donors (Lipinski definition) is 2. The fourth-order valence-electron chi connectivity index (χ4n) is 1.72. The molecule has 0 radical (unpaired) electrons. The first-order chi connectivity index (χ1) is 10.2. The maximum Gasteiger partial charge on any atom is 0.252 e. The molecule has 2 aromatic rings. The molecule has 6 heteroatoms. The van der Waals surface area contributed by atoms with Gasteiger partial charge in [0.1, 0.15) is 0 Å². The van der Waals surface area contributed by atoms with E-state index < -0.39 is 0 Å². The van der Waals surface area contributed by atoms with Crippen LogP contribution in [0.5, 0.6) is 0 Å². The lowest BCUT2D eigenvalue weighted by molar-refractivity contribution is 0.0954. The van der Waals surface area contributed by atoms with Gasteiger partial charge >= 0.3 is 0 Å². The average Bonchev–Trinajstić information content (AvgIpc) is 2.91. The summed E-state index contributed by atoms with van der Waals surface area (Å²) in [6.07, 6.45) is 3.96. The van der Waals surface area contributed by atoms with Gasteiger partial charge in [0.25, 0.3) is 5.91 Å². The highest BCUT2D eigenvalue weighted by atomic mass is 79.9. The van der Waals surface area contributed by atoms with E-state index in [0.717, 1.165) is 10.2 Å². The Labute approximate surface area is 135 Å². The van der Waals surface area contributed by atoms with Crippen molar-refractivity contribution in [2.24, 2.45) is 5.73 Å². The van der Waals surface area contributed by atoms with Gasteiger partial charge in [-0.05, 0) is 40.5 Å². The van der Waals surface area contributed by atoms with E-state index in [1.54, 1.807) is 29.8 Å². The molecule has 0 aliphatic carbocycles. The summed E-state index contributed by atoms with van der Waals surface area (Å²) in [4.78, 5) is 17.4. The van der Waals surface area contributed by atoms with E-state index in [-0.39, 0.29) is 12.5 Å². The molecule has 1 amide bonds. The van der Waals surface area contributed by atoms with Crippen LogP contribution in [0.4, 0.5) is 0 Å². The van der Waals surface area contributed by atoms with Crippen molar-refractivity contribution in [3.63, 3.8) is 0 Å². The summed E-state index contributed by atoms with van der Waals surface area (Å²) in [7, 11) is 0. The van der Waals surface area contributed by atoms with E-state index in [9.17, 15) is 4.79 Å². The maximum atomic E-state index is 12.2. The molecule has 2 heterocycles. The molecule has 3 N–H and O–H groups in total. The number of nitrogens with two attached hydrogens (primary N) is 1. The predicted octanol–water partition coefficient (Wildman–Crippen LogP) is 2.19. The van der Waals surface area contributed by atoms with Crippen molar-refractivity contribution in [2.75, 3.05) is 13.1 Å². The van der Waals surface area contributed by atoms with Gasteiger partial charge in [-0.25, -0.2) is 0 Å². The topological polar surface area (TPSA) is 68.0 Å². The third-order valence-electron chi connectivity index (χ3n) is 2.68. The van der Waals surface area contributed by atoms with Crippen molar-refractivity contribution < 1.29 is 4.79 Å². The minimum Gasteiger partial charge on any atom is -0.352 e. The van der Waals surface area contributed by atoms with Crippen molar-refractivity contribution in [2.45, 2.75) is 6.42 Å². The molecule has 4 nitrogen and oxygen atoms in total. The van der Waals surface area contributed by atoms with E-state index in [1.165, 1.54) is 4.88 Å². The van der Waals surface area contributed by atoms with Crippen LogP contribution in [0.15, 0.2) is 34.4 Å². The zero-order valence-electron chi connectivity index (χ0n) is 11.2. The number of aromatic nitrogens is 1. The fraction of sp³-hybridized carbons (Fsp3) is 0.200. The largest absolute Gasteiger partial charge is 0.352 e. The Morgan fingerprint density at radius 1 is 1.43 bits per heavy atom. The molecule has 108 valence electrons. The highest BCUT2D eigenvalue weighted by molar-refractivity contribution is 9.11. The number of hydrogen-bond acceptors (Lipinski definition) is 4. The second-order valence-corrected chi connectivity index (χ2v) is 6.69. The number of halogens is 1. The van der Waals surface area contributed by atoms with Crippen LogP contribution < -0.4 is 11.1 Å². The second kappa shape index (κ2) is 7.93. The molecule has 0 spiro atoms. The number of nitrogens with one attached hydrogen (secondary N) is 1. The van der Waals surface area contributed by atoms with Crippen LogP contribution in [0.3, 0.4) is 0 Å². The van der Waals surface area contributed by atoms with E-state index in [1.807, 2.05) is 12.1 Å². The molecule has 0 fully saturated rings. The van der Waals surface area contributed by atoms with E-state index in [2.05, 4.69) is 38.1 Å². The molecule has 0 aliphatic rings. The second-order valence-electron chi connectivity index (χ2n) is 4.14. The van der Waals surface area contributed by atoms with Crippen molar-refractivity contribution in [3.05, 3.63) is 50.4 Å². The Morgan fingerprint density at radius 2 is 2.29 bits per heavy atom. The first-order valence-electron chi connectivity index (χ1n) is 6.36. The van der Waals surface area contributed by atoms with Crippen molar-refractivity contribution in [3.8, 4) is 11.8 Å². The third kappa shape index (κ3) is 4.67. The highest BCUT2D eigenvalue weighted by Crippen LogP contribution is 2.22. The van der Waals surface area contributed by atoms with Crippen molar-refractivity contribution in [1.82, 2.24) is 10.3 Å². The van der Waals surface area contributed by atoms with Crippen LogP contribution in [-0.4, -0.2) is 24.0 Å². The number of carbonyl (C=O) groups excluding carboxylic acids is 1. The molecule has 0 saturated heterocycles. The summed E-state index contributed by atoms with van der Waals surface area (Å²) in [5.74, 6) is 5.46. The zero-order valence-corrected chi connectivity index (χ0v) is 13.6. The summed E-state index contributed by atoms with van der Waals surface area (Å²) in [5.41, 5.74) is 6.47. The SMILES string of the molecule is NCC#Cc1cnccc1C(=O)NCCc1ccc(Br)s1. The summed E-state index contributed by atoms with van der Waals surface area (Å²) >= 11 is 5.09. The van der Waals surface area contributed by atoms with Gasteiger partial charge < -0.3 is 11.1 Å². The number of nitrogens with zero attached hydrogens (tertiary/aromatic N) is 1. The lowest BCUT2D eigenvalue weighted by atomic mass is 10.1. The average molecular weight is 364 g/mol. The van der Waals surface area contributed by atoms with Crippen LogP contribution >= 0.6 is 27.3 Å². The van der Waals surface area contributed by atoms with Gasteiger partial charge in [-0.1, -0.05) is 11.8 Å². The van der Waals surface area contributed by atoms with Crippen LogP contribution in [0.25, 0.3) is 0 Å². The van der Waals surface area contributed by atoms with Crippen LogP contribution in [0.1, 0.15) is 20.8 Å². The van der Waals surface area contributed by atoms with Crippen molar-refractivity contribution >= 4 is 33.2 Å². The monoisotopic (exact) mass is 363 g/mol. The van der Waals surface area contributed by atoms with E-state index in [0.29, 0.717) is 17.7 Å². The Balaban J connectivity index is 1.97. The molecule has 0 bridgehead atoms. The minimum absolute atomic E-state index is 0.144. The summed E-state index contributed by atoms with van der Waals surface area (Å²) in [6, 6.07) is 5.72. The van der Waals surface area contributed by atoms with E-state index in [4.69, 9.17) is 5.73 Å². The van der Waals surface area contributed by atoms with Crippen LogP contribution in [0, 0.1) is 11.8 Å². The molecule has 0 unspecified atom stereocenters. The Hall–Kier alpha value is -1.68. The van der Waals surface area contributed by atoms with Gasteiger partial charge in [0.15, 0.2) is 0 Å². The number of amides is 1. The van der Waals surface area contributed by atoms with Crippen LogP contribution in [-0.2, 0) is 6.42 Å². The molecule has 0 aromatic carbocycles. The predicted molar refractivity (Wildman–Crippen MR) is 88.2 cm³/mol. The standard InChI is InChI=1S/C15H14BrN3OS/c16-14-4-3-12(21-14)5-9-19-15(20)13-6-8-18-10-11(13)2-1-7-17/h3-4,6,8,10H,5,7,9,17H2,(H,19,20).